The van der Waals surface area contributed by atoms with Gasteiger partial charge < -0.3 is 27.6 Å². The molecule has 0 spiro atoms. The number of hydrogen-bond donors (Lipinski definition) is 0. The SMILES string of the molecule is CC1=CCCc2c1oc1c(N(c3ccccc3)c3ccc4c5c(n6c7ccccc7c3c46)=CC3c4ccc(N(c6ccccc6)c6cccc7c6oc6c(C)cccc67)c6c7ccccc7n(c46)C3C=5)cccc21. The Bertz CT molecular complexity index is 4890. The molecule has 0 bridgehead atoms. The number of rotatable bonds is 6. The molecule has 74 heavy (non-hydrogen) atoms. The van der Waals surface area contributed by atoms with Crippen molar-refractivity contribution in [3.63, 3.8) is 0 Å². The monoisotopic (exact) mass is 950 g/mol. The van der Waals surface area contributed by atoms with Crippen molar-refractivity contribution in [2.75, 3.05) is 9.80 Å². The predicted molar refractivity (Wildman–Crippen MR) is 306 cm³/mol. The normalized spacial score (nSPS) is 15.9. The van der Waals surface area contributed by atoms with Crippen molar-refractivity contribution in [3.8, 4) is 0 Å². The third-order valence-electron chi connectivity index (χ3n) is 16.9. The highest BCUT2D eigenvalue weighted by Crippen LogP contribution is 2.55. The van der Waals surface area contributed by atoms with Crippen LogP contribution in [0.2, 0.25) is 0 Å². The van der Waals surface area contributed by atoms with Crippen LogP contribution in [-0.2, 0) is 6.42 Å². The van der Waals surface area contributed by atoms with Gasteiger partial charge in [-0.1, -0.05) is 140 Å². The number of allylic oxidation sites excluding steroid dienone is 2. The first-order valence-corrected chi connectivity index (χ1v) is 26.0. The molecule has 2 unspecified atom stereocenters. The van der Waals surface area contributed by atoms with Crippen molar-refractivity contribution in [3.05, 3.63) is 227 Å². The molecule has 6 heteroatoms. The maximum absolute atomic E-state index is 6.95. The number of para-hydroxylation sites is 7. The van der Waals surface area contributed by atoms with Gasteiger partial charge in [0.15, 0.2) is 11.2 Å². The van der Waals surface area contributed by atoms with Crippen LogP contribution in [-0.4, -0.2) is 8.97 Å². The van der Waals surface area contributed by atoms with Crippen molar-refractivity contribution in [1.29, 1.82) is 0 Å². The first-order chi connectivity index (χ1) is 36.6. The molecule has 6 nitrogen and oxygen atoms in total. The van der Waals surface area contributed by atoms with E-state index in [-0.39, 0.29) is 12.0 Å². The van der Waals surface area contributed by atoms with Crippen LogP contribution in [0.5, 0.6) is 0 Å². The van der Waals surface area contributed by atoms with E-state index in [1.807, 2.05) is 0 Å². The van der Waals surface area contributed by atoms with Gasteiger partial charge in [-0.3, -0.25) is 0 Å². The standard InChI is InChI=1S/C68H46N4O2/c1-39-17-13-25-45-47-27-15-31-57(67(47)73-65(39)45)69(41-19-5-3-6-20-41)55-35-33-43-51-37-60-52(38-59(51)71-53-29-11-9-23-49(53)61(55)63(43)71)44-34-36-56(62-50-24-10-12-30-54(50)72(60)64(44)62)70(42-21-7-4-8-22-42)58-32-16-28-48-46-26-14-18-40(2)66(46)74-68(48)58/h3-13,15-25,27-38,51,59H,14,26H2,1-2H3. The van der Waals surface area contributed by atoms with Crippen LogP contribution in [0.15, 0.2) is 203 Å². The number of aryl methyl sites for hydroxylation is 2. The summed E-state index contributed by atoms with van der Waals surface area (Å²) in [6.07, 6.45) is 9.50. The molecule has 3 aliphatic rings. The van der Waals surface area contributed by atoms with Crippen molar-refractivity contribution < 1.29 is 8.83 Å². The van der Waals surface area contributed by atoms with Crippen molar-refractivity contribution in [2.24, 2.45) is 0 Å². The van der Waals surface area contributed by atoms with Crippen LogP contribution in [0, 0.1) is 6.92 Å². The highest BCUT2D eigenvalue weighted by atomic mass is 16.3. The molecule has 5 aromatic heterocycles. The highest BCUT2D eigenvalue weighted by molar-refractivity contribution is 6.23. The van der Waals surface area contributed by atoms with Crippen LogP contribution < -0.4 is 20.4 Å². The fourth-order valence-electron chi connectivity index (χ4n) is 13.8. The Morgan fingerprint density at radius 1 is 0.473 bits per heavy atom. The highest BCUT2D eigenvalue weighted by Gasteiger charge is 2.39. The molecule has 0 N–H and O–H groups in total. The molecule has 0 radical (unpaired) electrons. The molecule has 9 aromatic carbocycles. The number of aromatic nitrogens is 2. The molecule has 17 rings (SSSR count). The molecule has 6 heterocycles. The van der Waals surface area contributed by atoms with Crippen molar-refractivity contribution in [1.82, 2.24) is 8.97 Å². The second-order valence-electron chi connectivity index (χ2n) is 20.7. The van der Waals surface area contributed by atoms with Gasteiger partial charge in [0.05, 0.1) is 50.7 Å². The zero-order valence-corrected chi connectivity index (χ0v) is 40.8. The number of fused-ring (bicyclic) bond motifs is 18. The summed E-state index contributed by atoms with van der Waals surface area (Å²) in [6, 6.07) is 69.0. The van der Waals surface area contributed by atoms with Crippen LogP contribution >= 0.6 is 0 Å². The fourth-order valence-corrected chi connectivity index (χ4v) is 13.8. The Hall–Kier alpha value is -9.26. The Morgan fingerprint density at radius 2 is 1.07 bits per heavy atom. The average Bonchev–Trinajstić information content (AvgIpc) is 4.31. The van der Waals surface area contributed by atoms with E-state index in [0.717, 1.165) is 85.8 Å². The maximum Gasteiger partial charge on any atom is 0.159 e. The van der Waals surface area contributed by atoms with E-state index < -0.39 is 0 Å². The summed E-state index contributed by atoms with van der Waals surface area (Å²) in [5.41, 5.74) is 19.2. The van der Waals surface area contributed by atoms with Gasteiger partial charge in [-0.05, 0) is 110 Å². The molecule has 1 aliphatic heterocycles. The lowest BCUT2D eigenvalue weighted by molar-refractivity contribution is 0.590. The van der Waals surface area contributed by atoms with Crippen LogP contribution in [0.4, 0.5) is 34.1 Å². The topological polar surface area (TPSA) is 42.1 Å². The minimum atomic E-state index is 0.0693. The van der Waals surface area contributed by atoms with E-state index in [9.17, 15) is 0 Å². The van der Waals surface area contributed by atoms with E-state index in [1.165, 1.54) is 81.7 Å². The van der Waals surface area contributed by atoms with E-state index in [2.05, 4.69) is 239 Å². The number of furan rings is 2. The Balaban J connectivity index is 0.905. The molecular weight excluding hydrogens is 905 g/mol. The third kappa shape index (κ3) is 5.19. The van der Waals surface area contributed by atoms with Gasteiger partial charge in [0.25, 0.3) is 0 Å². The van der Waals surface area contributed by atoms with Gasteiger partial charge in [-0.15, -0.1) is 0 Å². The summed E-state index contributed by atoms with van der Waals surface area (Å²) in [5.74, 6) is 1.13. The Kier molecular flexibility index (Phi) is 8.00. The molecule has 0 saturated carbocycles. The lowest BCUT2D eigenvalue weighted by Crippen LogP contribution is -2.32. The molecule has 350 valence electrons. The first kappa shape index (κ1) is 40.3. The van der Waals surface area contributed by atoms with Gasteiger partial charge in [-0.2, -0.15) is 0 Å². The van der Waals surface area contributed by atoms with Crippen LogP contribution in [0.1, 0.15) is 47.8 Å². The van der Waals surface area contributed by atoms with Crippen molar-refractivity contribution in [2.45, 2.75) is 38.6 Å². The van der Waals surface area contributed by atoms with Crippen molar-refractivity contribution >= 4 is 134 Å². The van der Waals surface area contributed by atoms with Crippen LogP contribution in [0.25, 0.3) is 99.6 Å². The summed E-state index contributed by atoms with van der Waals surface area (Å²) in [6.45, 7) is 4.32. The lowest BCUT2D eigenvalue weighted by atomic mass is 9.88. The van der Waals surface area contributed by atoms with Gasteiger partial charge >= 0.3 is 0 Å². The lowest BCUT2D eigenvalue weighted by Gasteiger charge is -2.27. The van der Waals surface area contributed by atoms with Gasteiger partial charge in [0.1, 0.15) is 11.3 Å². The Labute approximate surface area is 425 Å². The number of anilines is 6. The smallest absolute Gasteiger partial charge is 0.159 e. The van der Waals surface area contributed by atoms with E-state index in [4.69, 9.17) is 8.83 Å². The van der Waals surface area contributed by atoms with E-state index >= 15 is 0 Å². The fraction of sp³-hybridized carbons (Fsp3) is 0.0882. The zero-order chi connectivity index (χ0) is 48.5. The number of nitrogens with zero attached hydrogens (tertiary/aromatic N) is 4. The molecule has 14 aromatic rings. The minimum absolute atomic E-state index is 0.0693. The summed E-state index contributed by atoms with van der Waals surface area (Å²) >= 11 is 0. The first-order valence-electron chi connectivity index (χ1n) is 26.0. The largest absolute Gasteiger partial charge is 0.454 e. The summed E-state index contributed by atoms with van der Waals surface area (Å²) in [5, 5.41) is 12.2. The minimum Gasteiger partial charge on any atom is -0.454 e. The quantitative estimate of drug-likeness (QED) is 0.167. The summed E-state index contributed by atoms with van der Waals surface area (Å²) in [7, 11) is 0. The van der Waals surface area contributed by atoms with Gasteiger partial charge in [-0.25, -0.2) is 0 Å². The molecule has 2 aliphatic carbocycles. The Morgan fingerprint density at radius 3 is 1.81 bits per heavy atom. The summed E-state index contributed by atoms with van der Waals surface area (Å²) < 4.78 is 19.1. The molecule has 2 atom stereocenters. The summed E-state index contributed by atoms with van der Waals surface area (Å²) in [4.78, 5) is 4.87. The van der Waals surface area contributed by atoms with Gasteiger partial charge in [0, 0.05) is 76.7 Å². The molecular formula is C68H46N4O2. The van der Waals surface area contributed by atoms with E-state index in [0.29, 0.717) is 0 Å². The van der Waals surface area contributed by atoms with Crippen LogP contribution in [0.3, 0.4) is 0 Å². The second-order valence-corrected chi connectivity index (χ2v) is 20.7. The molecule has 0 saturated heterocycles. The zero-order valence-electron chi connectivity index (χ0n) is 40.8. The third-order valence-corrected chi connectivity index (χ3v) is 16.9. The van der Waals surface area contributed by atoms with Gasteiger partial charge in [0.2, 0.25) is 0 Å². The average molecular weight is 951 g/mol. The number of benzene rings is 9. The predicted octanol–water partition coefficient (Wildman–Crippen LogP) is 16.9. The molecule has 0 amide bonds. The molecule has 0 fully saturated rings. The van der Waals surface area contributed by atoms with E-state index in [1.54, 1.807) is 0 Å². The number of hydrogen-bond acceptors (Lipinski definition) is 4. The maximum atomic E-state index is 6.95. The second kappa shape index (κ2) is 14.7.